The van der Waals surface area contributed by atoms with Gasteiger partial charge in [0, 0.05) is 47.4 Å². The lowest BCUT2D eigenvalue weighted by molar-refractivity contribution is -0.111. The van der Waals surface area contributed by atoms with Crippen LogP contribution in [0.5, 0.6) is 0 Å². The van der Waals surface area contributed by atoms with E-state index in [0.717, 1.165) is 59.6 Å². The summed E-state index contributed by atoms with van der Waals surface area (Å²) in [6.45, 7) is 6.87. The minimum Gasteiger partial charge on any atom is -0.336 e. The first-order chi connectivity index (χ1) is 18.9. The fourth-order valence-electron chi connectivity index (χ4n) is 5.44. The summed E-state index contributed by atoms with van der Waals surface area (Å²) >= 11 is 9.78. The van der Waals surface area contributed by atoms with Crippen LogP contribution in [0.4, 0.5) is 5.69 Å². The summed E-state index contributed by atoms with van der Waals surface area (Å²) in [6.07, 6.45) is 7.43. The van der Waals surface area contributed by atoms with Crippen LogP contribution in [-0.4, -0.2) is 53.8 Å². The third-order valence-electron chi connectivity index (χ3n) is 7.61. The Bertz CT molecular complexity index is 1390. The van der Waals surface area contributed by atoms with Crippen LogP contribution >= 0.6 is 27.5 Å². The number of rotatable bonds is 6. The van der Waals surface area contributed by atoms with E-state index in [1.54, 1.807) is 0 Å². The maximum atomic E-state index is 13.6. The van der Waals surface area contributed by atoms with Crippen molar-refractivity contribution in [3.8, 4) is 0 Å². The van der Waals surface area contributed by atoms with Crippen molar-refractivity contribution in [3.63, 3.8) is 0 Å². The number of carbonyl (C=O) groups is 2. The summed E-state index contributed by atoms with van der Waals surface area (Å²) in [6, 6.07) is 22.0. The molecule has 2 saturated heterocycles. The van der Waals surface area contributed by atoms with Crippen LogP contribution in [0, 0.1) is 0 Å². The van der Waals surface area contributed by atoms with Gasteiger partial charge in [0.15, 0.2) is 0 Å². The van der Waals surface area contributed by atoms with Crippen molar-refractivity contribution >= 4 is 57.2 Å². The summed E-state index contributed by atoms with van der Waals surface area (Å²) in [7, 11) is 0. The van der Waals surface area contributed by atoms with Gasteiger partial charge >= 0.3 is 0 Å². The lowest BCUT2D eigenvalue weighted by Gasteiger charge is -2.46. The summed E-state index contributed by atoms with van der Waals surface area (Å²) in [5.74, 6) is 0.343. The average Bonchev–Trinajstić information content (AvgIpc) is 2.97. The van der Waals surface area contributed by atoms with Gasteiger partial charge in [0.05, 0.1) is 5.56 Å². The number of amides is 2. The number of hydrogen-bond donors (Lipinski definition) is 1. The van der Waals surface area contributed by atoms with E-state index in [-0.39, 0.29) is 11.8 Å². The van der Waals surface area contributed by atoms with Gasteiger partial charge in [0.2, 0.25) is 5.91 Å². The zero-order valence-corrected chi connectivity index (χ0v) is 24.0. The van der Waals surface area contributed by atoms with Crippen molar-refractivity contribution in [1.82, 2.24) is 9.80 Å². The first kappa shape index (κ1) is 27.4. The maximum absolute atomic E-state index is 13.6. The van der Waals surface area contributed by atoms with Crippen molar-refractivity contribution < 1.29 is 9.59 Å². The molecule has 0 bridgehead atoms. The highest BCUT2D eigenvalue weighted by Gasteiger charge is 2.35. The topological polar surface area (TPSA) is 52.7 Å². The van der Waals surface area contributed by atoms with Gasteiger partial charge in [-0.25, -0.2) is 0 Å². The first-order valence-electron chi connectivity index (χ1n) is 13.2. The standard InChI is InChI=1S/C32H31BrClN3O2/c1-2-30(38)35-27-15-7-22(8-16-27)6-9-24-4-3-5-29(31(24)33)32(39)37-19-18-36-20-25(12-17-28(36)21-37)23-10-13-26(34)14-11-23/h2-11,13-16,25,28H,1,12,17-21H2,(H,35,38)/b9-6+/t25-,28+/m0/s1. The SMILES string of the molecule is C=CC(=O)Nc1ccc(/C=C/c2cccc(C(=O)N3CCN4C[C@@H](c5ccc(Cl)cc5)CC[C@@H]4C3)c2Br)cc1. The van der Waals surface area contributed by atoms with Crippen molar-refractivity contribution in [3.05, 3.63) is 111 Å². The average molecular weight is 605 g/mol. The second-order valence-corrected chi connectivity index (χ2v) is 11.3. The van der Waals surface area contributed by atoms with E-state index in [9.17, 15) is 9.59 Å². The quantitative estimate of drug-likeness (QED) is 0.241. The molecule has 0 radical (unpaired) electrons. The van der Waals surface area contributed by atoms with Gasteiger partial charge < -0.3 is 10.2 Å². The van der Waals surface area contributed by atoms with Crippen LogP contribution in [0.15, 0.2) is 83.9 Å². The Morgan fingerprint density at radius 3 is 2.46 bits per heavy atom. The molecule has 1 N–H and O–H groups in total. The fourth-order valence-corrected chi connectivity index (χ4v) is 6.13. The third-order valence-corrected chi connectivity index (χ3v) is 8.75. The van der Waals surface area contributed by atoms with Crippen LogP contribution < -0.4 is 5.32 Å². The van der Waals surface area contributed by atoms with E-state index >= 15 is 0 Å². The molecule has 0 unspecified atom stereocenters. The summed E-state index contributed by atoms with van der Waals surface area (Å²) in [4.78, 5) is 29.6. The molecule has 0 saturated carbocycles. The molecule has 200 valence electrons. The molecule has 2 fully saturated rings. The van der Waals surface area contributed by atoms with E-state index in [4.69, 9.17) is 11.6 Å². The third kappa shape index (κ3) is 6.52. The second-order valence-electron chi connectivity index (χ2n) is 10.1. The summed E-state index contributed by atoms with van der Waals surface area (Å²) < 4.78 is 0.801. The lowest BCUT2D eigenvalue weighted by atomic mass is 9.86. The van der Waals surface area contributed by atoms with Crippen molar-refractivity contribution in [2.45, 2.75) is 24.8 Å². The van der Waals surface area contributed by atoms with E-state index in [1.165, 1.54) is 11.6 Å². The molecule has 2 aliphatic heterocycles. The monoisotopic (exact) mass is 603 g/mol. The van der Waals surface area contributed by atoms with Gasteiger partial charge in [0.1, 0.15) is 0 Å². The van der Waals surface area contributed by atoms with Gasteiger partial charge in [-0.2, -0.15) is 0 Å². The molecule has 0 aromatic heterocycles. The van der Waals surface area contributed by atoms with Crippen LogP contribution in [0.25, 0.3) is 12.2 Å². The number of piperidine rings is 1. The zero-order chi connectivity index (χ0) is 27.4. The largest absolute Gasteiger partial charge is 0.336 e. The molecule has 0 aliphatic carbocycles. The minimum absolute atomic E-state index is 0.0684. The minimum atomic E-state index is -0.240. The molecular formula is C32H31BrClN3O2. The van der Waals surface area contributed by atoms with E-state index < -0.39 is 0 Å². The molecule has 7 heteroatoms. The van der Waals surface area contributed by atoms with Gasteiger partial charge in [-0.15, -0.1) is 0 Å². The number of piperazine rings is 1. The van der Waals surface area contributed by atoms with Crippen LogP contribution in [0.2, 0.25) is 5.02 Å². The Balaban J connectivity index is 1.22. The zero-order valence-electron chi connectivity index (χ0n) is 21.7. The number of benzene rings is 3. The number of fused-ring (bicyclic) bond motifs is 1. The number of nitrogens with one attached hydrogen (secondary N) is 1. The predicted molar refractivity (Wildman–Crippen MR) is 163 cm³/mol. The highest BCUT2D eigenvalue weighted by molar-refractivity contribution is 9.10. The Morgan fingerprint density at radius 1 is 0.949 bits per heavy atom. The Kier molecular flexibility index (Phi) is 8.66. The molecule has 2 heterocycles. The Labute approximate surface area is 243 Å². The van der Waals surface area contributed by atoms with Crippen molar-refractivity contribution in [2.24, 2.45) is 0 Å². The normalized spacial score (nSPS) is 19.5. The van der Waals surface area contributed by atoms with Crippen LogP contribution in [0.3, 0.4) is 0 Å². The first-order valence-corrected chi connectivity index (χ1v) is 14.4. The molecule has 3 aromatic carbocycles. The number of nitrogens with zero attached hydrogens (tertiary/aromatic N) is 2. The molecular weight excluding hydrogens is 574 g/mol. The van der Waals surface area contributed by atoms with E-state index in [2.05, 4.69) is 44.9 Å². The lowest BCUT2D eigenvalue weighted by Crippen LogP contribution is -2.57. The molecule has 5 nitrogen and oxygen atoms in total. The van der Waals surface area contributed by atoms with Gasteiger partial charge in [-0.05, 0) is 87.8 Å². The maximum Gasteiger partial charge on any atom is 0.255 e. The molecule has 2 aliphatic rings. The Morgan fingerprint density at radius 2 is 1.72 bits per heavy atom. The smallest absolute Gasteiger partial charge is 0.255 e. The summed E-state index contributed by atoms with van der Waals surface area (Å²) in [5, 5.41) is 3.52. The number of hydrogen-bond acceptors (Lipinski definition) is 3. The molecule has 39 heavy (non-hydrogen) atoms. The second kappa shape index (κ2) is 12.3. The van der Waals surface area contributed by atoms with E-state index in [1.807, 2.05) is 71.6 Å². The Hall–Kier alpha value is -3.19. The highest BCUT2D eigenvalue weighted by atomic mass is 79.9. The molecule has 5 rings (SSSR count). The number of carbonyl (C=O) groups excluding carboxylic acids is 2. The molecule has 3 aromatic rings. The van der Waals surface area contributed by atoms with E-state index in [0.29, 0.717) is 23.2 Å². The van der Waals surface area contributed by atoms with Gasteiger partial charge in [0.25, 0.3) is 5.91 Å². The van der Waals surface area contributed by atoms with Crippen molar-refractivity contribution in [1.29, 1.82) is 0 Å². The molecule has 2 atom stereocenters. The highest BCUT2D eigenvalue weighted by Crippen LogP contribution is 2.33. The molecule has 2 amide bonds. The van der Waals surface area contributed by atoms with Gasteiger partial charge in [-0.3, -0.25) is 14.5 Å². The van der Waals surface area contributed by atoms with Crippen LogP contribution in [-0.2, 0) is 4.79 Å². The number of anilines is 1. The fraction of sp³-hybridized carbons (Fsp3) is 0.250. The summed E-state index contributed by atoms with van der Waals surface area (Å²) in [5.41, 5.74) is 4.67. The van der Waals surface area contributed by atoms with Crippen molar-refractivity contribution in [2.75, 3.05) is 31.5 Å². The van der Waals surface area contributed by atoms with Crippen LogP contribution in [0.1, 0.15) is 45.8 Å². The number of halogens is 2. The van der Waals surface area contributed by atoms with Gasteiger partial charge in [-0.1, -0.05) is 66.7 Å². The predicted octanol–water partition coefficient (Wildman–Crippen LogP) is 7.10. The molecule has 0 spiro atoms.